The van der Waals surface area contributed by atoms with E-state index in [2.05, 4.69) is 0 Å². The number of aliphatic hydroxyl groups is 1. The summed E-state index contributed by atoms with van der Waals surface area (Å²) in [6.07, 6.45) is 0. The number of ketones is 1. The van der Waals surface area contributed by atoms with Crippen LogP contribution in [0, 0.1) is 0 Å². The Morgan fingerprint density at radius 2 is 1.67 bits per heavy atom. The minimum atomic E-state index is -0.900. The zero-order chi connectivity index (χ0) is 27.7. The monoisotopic (exact) mass is 530 g/mol. The van der Waals surface area contributed by atoms with Gasteiger partial charge in [-0.3, -0.25) is 14.5 Å². The quantitative estimate of drug-likeness (QED) is 0.249. The average molecular weight is 531 g/mol. The number of Topliss-reactive ketones (excluding diaryl/α,β-unsaturated/α-hetero) is 1. The number of aliphatic hydroxyl groups excluding tert-OH is 1. The Bertz CT molecular complexity index is 1450. The Morgan fingerprint density at radius 3 is 2.36 bits per heavy atom. The highest BCUT2D eigenvalue weighted by molar-refractivity contribution is 6.51. The fraction of sp³-hybridized carbons (Fsp3) is 0.267. The van der Waals surface area contributed by atoms with Gasteiger partial charge in [0.05, 0.1) is 30.4 Å². The lowest BCUT2D eigenvalue weighted by Gasteiger charge is -2.26. The molecule has 202 valence electrons. The highest BCUT2D eigenvalue weighted by Gasteiger charge is 2.47. The number of benzene rings is 3. The third kappa shape index (κ3) is 4.71. The summed E-state index contributed by atoms with van der Waals surface area (Å²) in [5.41, 5.74) is 2.30. The number of rotatable bonds is 8. The minimum absolute atomic E-state index is 0.0413. The second kappa shape index (κ2) is 10.6. The summed E-state index contributed by atoms with van der Waals surface area (Å²) in [7, 11) is 3.85. The van der Waals surface area contributed by atoms with E-state index >= 15 is 0 Å². The summed E-state index contributed by atoms with van der Waals surface area (Å²) in [6.45, 7) is 4.55. The number of ether oxygens (including phenoxy) is 4. The van der Waals surface area contributed by atoms with Crippen LogP contribution in [0.5, 0.6) is 23.0 Å². The first kappa shape index (κ1) is 26.0. The molecule has 3 aromatic carbocycles. The second-order valence-corrected chi connectivity index (χ2v) is 9.22. The van der Waals surface area contributed by atoms with Crippen LogP contribution in [0.25, 0.3) is 5.76 Å². The minimum Gasteiger partial charge on any atom is -0.507 e. The Balaban J connectivity index is 1.69. The summed E-state index contributed by atoms with van der Waals surface area (Å²) >= 11 is 0. The van der Waals surface area contributed by atoms with Crippen LogP contribution in [0.15, 0.2) is 66.2 Å². The molecule has 9 heteroatoms. The molecule has 39 heavy (non-hydrogen) atoms. The lowest BCUT2D eigenvalue weighted by molar-refractivity contribution is -0.132. The van der Waals surface area contributed by atoms with Crippen molar-refractivity contribution in [3.8, 4) is 23.0 Å². The topological polar surface area (TPSA) is 97.8 Å². The first-order valence-corrected chi connectivity index (χ1v) is 12.7. The molecule has 0 radical (unpaired) electrons. The van der Waals surface area contributed by atoms with Crippen molar-refractivity contribution >= 4 is 28.8 Å². The van der Waals surface area contributed by atoms with Crippen molar-refractivity contribution < 1.29 is 33.6 Å². The molecule has 1 N–H and O–H groups in total. The third-order valence-corrected chi connectivity index (χ3v) is 6.62. The molecule has 1 fully saturated rings. The summed E-state index contributed by atoms with van der Waals surface area (Å²) < 4.78 is 22.3. The predicted octanol–water partition coefficient (Wildman–Crippen LogP) is 4.91. The van der Waals surface area contributed by atoms with E-state index in [1.54, 1.807) is 36.4 Å². The predicted molar refractivity (Wildman–Crippen MR) is 147 cm³/mol. The standard InChI is InChI=1S/C30H30N2O7/c1-5-36-21-12-13-22(24(16-21)37-6-2)28(33)26-27(18-7-9-19(10-8-18)31(3)4)32(30(35)29(26)34)20-11-14-23-25(15-20)39-17-38-23/h7-16,27,33H,5-6,17H2,1-4H3/b28-26+. The van der Waals surface area contributed by atoms with Crippen LogP contribution < -0.4 is 28.7 Å². The maximum absolute atomic E-state index is 13.6. The van der Waals surface area contributed by atoms with Crippen LogP contribution in [0.4, 0.5) is 11.4 Å². The average Bonchev–Trinajstić information content (AvgIpc) is 3.50. The number of hydrogen-bond donors (Lipinski definition) is 1. The van der Waals surface area contributed by atoms with E-state index in [1.807, 2.05) is 57.1 Å². The van der Waals surface area contributed by atoms with Crippen molar-refractivity contribution in [3.63, 3.8) is 0 Å². The van der Waals surface area contributed by atoms with Gasteiger partial charge in [0.1, 0.15) is 17.3 Å². The van der Waals surface area contributed by atoms with Crippen LogP contribution in [0.2, 0.25) is 0 Å². The molecule has 0 aliphatic carbocycles. The van der Waals surface area contributed by atoms with Gasteiger partial charge in [-0.05, 0) is 55.8 Å². The van der Waals surface area contributed by atoms with Crippen molar-refractivity contribution in [1.29, 1.82) is 0 Å². The van der Waals surface area contributed by atoms with E-state index in [1.165, 1.54) is 4.90 Å². The van der Waals surface area contributed by atoms with Gasteiger partial charge >= 0.3 is 0 Å². The van der Waals surface area contributed by atoms with Crippen molar-refractivity contribution in [1.82, 2.24) is 0 Å². The highest BCUT2D eigenvalue weighted by atomic mass is 16.7. The van der Waals surface area contributed by atoms with Crippen LogP contribution in [-0.2, 0) is 9.59 Å². The van der Waals surface area contributed by atoms with Crippen LogP contribution >= 0.6 is 0 Å². The number of nitrogens with zero attached hydrogens (tertiary/aromatic N) is 2. The number of amides is 1. The molecule has 2 aliphatic rings. The summed E-state index contributed by atoms with van der Waals surface area (Å²) in [4.78, 5) is 30.5. The molecular weight excluding hydrogens is 500 g/mol. The largest absolute Gasteiger partial charge is 0.507 e. The van der Waals surface area contributed by atoms with Gasteiger partial charge in [0.15, 0.2) is 11.5 Å². The van der Waals surface area contributed by atoms with Crippen LogP contribution in [-0.4, -0.2) is 50.9 Å². The van der Waals surface area contributed by atoms with E-state index in [0.29, 0.717) is 53.0 Å². The van der Waals surface area contributed by atoms with Gasteiger partial charge in [-0.2, -0.15) is 0 Å². The van der Waals surface area contributed by atoms with Crippen molar-refractivity contribution in [2.24, 2.45) is 0 Å². The molecule has 2 heterocycles. The van der Waals surface area contributed by atoms with Gasteiger partial charge < -0.3 is 29.0 Å². The van der Waals surface area contributed by atoms with Crippen molar-refractivity contribution in [2.75, 3.05) is 43.9 Å². The second-order valence-electron chi connectivity index (χ2n) is 9.22. The number of hydrogen-bond acceptors (Lipinski definition) is 8. The Kier molecular flexibility index (Phi) is 7.06. The van der Waals surface area contributed by atoms with Crippen molar-refractivity contribution in [3.05, 3.63) is 77.4 Å². The molecule has 0 aromatic heterocycles. The van der Waals surface area contributed by atoms with Gasteiger partial charge in [-0.1, -0.05) is 12.1 Å². The number of anilines is 2. The molecule has 2 aliphatic heterocycles. The summed E-state index contributed by atoms with van der Waals surface area (Å²) in [6, 6.07) is 16.6. The number of carbonyl (C=O) groups excluding carboxylic acids is 2. The SMILES string of the molecule is CCOc1ccc(/C(O)=C2\C(=O)C(=O)N(c3ccc4c(c3)OCO4)C2c2ccc(N(C)C)cc2)c(OCC)c1. The van der Waals surface area contributed by atoms with E-state index in [4.69, 9.17) is 18.9 Å². The zero-order valence-corrected chi connectivity index (χ0v) is 22.3. The molecule has 9 nitrogen and oxygen atoms in total. The van der Waals surface area contributed by atoms with Gasteiger partial charge in [-0.25, -0.2) is 0 Å². The third-order valence-electron chi connectivity index (χ3n) is 6.62. The molecule has 1 atom stereocenters. The maximum Gasteiger partial charge on any atom is 0.300 e. The van der Waals surface area contributed by atoms with Gasteiger partial charge in [0.2, 0.25) is 6.79 Å². The molecular formula is C30H30N2O7. The summed E-state index contributed by atoms with van der Waals surface area (Å²) in [5, 5.41) is 11.6. The van der Waals surface area contributed by atoms with Gasteiger partial charge in [0, 0.05) is 37.6 Å². The lowest BCUT2D eigenvalue weighted by Crippen LogP contribution is -2.29. The molecule has 1 amide bonds. The molecule has 1 unspecified atom stereocenters. The van der Waals surface area contributed by atoms with E-state index in [-0.39, 0.29) is 18.1 Å². The molecule has 1 saturated heterocycles. The molecule has 3 aromatic rings. The molecule has 0 bridgehead atoms. The first-order chi connectivity index (χ1) is 18.8. The molecule has 5 rings (SSSR count). The smallest absolute Gasteiger partial charge is 0.300 e. The Morgan fingerprint density at radius 1 is 0.949 bits per heavy atom. The zero-order valence-electron chi connectivity index (χ0n) is 22.3. The highest BCUT2D eigenvalue weighted by Crippen LogP contribution is 2.46. The molecule has 0 saturated carbocycles. The van der Waals surface area contributed by atoms with Gasteiger partial charge in [0.25, 0.3) is 11.7 Å². The maximum atomic E-state index is 13.6. The number of carbonyl (C=O) groups is 2. The fourth-order valence-electron chi connectivity index (χ4n) is 4.78. The van der Waals surface area contributed by atoms with Crippen LogP contribution in [0.3, 0.4) is 0 Å². The summed E-state index contributed by atoms with van der Waals surface area (Å²) in [5.74, 6) is 0.0410. The lowest BCUT2D eigenvalue weighted by atomic mass is 9.94. The van der Waals surface area contributed by atoms with E-state index in [0.717, 1.165) is 5.69 Å². The first-order valence-electron chi connectivity index (χ1n) is 12.7. The molecule has 0 spiro atoms. The van der Waals surface area contributed by atoms with Crippen LogP contribution in [0.1, 0.15) is 31.0 Å². The number of fused-ring (bicyclic) bond motifs is 1. The van der Waals surface area contributed by atoms with E-state index in [9.17, 15) is 14.7 Å². The van der Waals surface area contributed by atoms with E-state index < -0.39 is 17.7 Å². The Labute approximate surface area is 226 Å². The fourth-order valence-corrected chi connectivity index (χ4v) is 4.78. The van der Waals surface area contributed by atoms with Crippen molar-refractivity contribution in [2.45, 2.75) is 19.9 Å². The normalized spacial score (nSPS) is 17.4. The van der Waals surface area contributed by atoms with Gasteiger partial charge in [-0.15, -0.1) is 0 Å². The Hall–Kier alpha value is -4.66.